The van der Waals surface area contributed by atoms with Gasteiger partial charge in [0.2, 0.25) is 0 Å². The van der Waals surface area contributed by atoms with E-state index in [1.54, 1.807) is 99.8 Å². The molecule has 0 radical (unpaired) electrons. The molecule has 0 aliphatic heterocycles. The molecule has 0 saturated carbocycles. The maximum absolute atomic E-state index is 12.1. The molecule has 17 unspecified atom stereocenters. The Morgan fingerprint density at radius 2 is 1.05 bits per heavy atom. The lowest BCUT2D eigenvalue weighted by Gasteiger charge is -2.26. The molecule has 0 spiro atoms. The Labute approximate surface area is 557 Å². The van der Waals surface area contributed by atoms with Gasteiger partial charge in [-0.2, -0.15) is 8.42 Å². The first-order valence-corrected chi connectivity index (χ1v) is 33.5. The lowest BCUT2D eigenvalue weighted by molar-refractivity contribution is -0.113. The number of Topliss-reactive ketones (excluding diaryl/α,β-unsaturated/α-hetero) is 1. The molecule has 23 heteroatoms. The lowest BCUT2D eigenvalue weighted by Crippen LogP contribution is -2.41. The highest BCUT2D eigenvalue weighted by molar-refractivity contribution is 7.80. The third kappa shape index (κ3) is 43.9. The van der Waals surface area contributed by atoms with Crippen LogP contribution in [0, 0.1) is 17.8 Å². The van der Waals surface area contributed by atoms with Crippen LogP contribution >= 0.6 is 0 Å². The van der Waals surface area contributed by atoms with E-state index in [9.17, 15) is 84.1 Å². The molecule has 17 atom stereocenters. The van der Waals surface area contributed by atoms with Crippen LogP contribution in [0.2, 0.25) is 0 Å². The van der Waals surface area contributed by atoms with Crippen LogP contribution in [0.1, 0.15) is 130 Å². The zero-order chi connectivity index (χ0) is 70.4. The van der Waals surface area contributed by atoms with Gasteiger partial charge in [-0.15, -0.1) is 0 Å². The molecule has 0 aromatic heterocycles. The van der Waals surface area contributed by atoms with Crippen molar-refractivity contribution in [1.82, 2.24) is 0 Å². The van der Waals surface area contributed by atoms with Gasteiger partial charge in [0.15, 0.2) is 11.7 Å². The summed E-state index contributed by atoms with van der Waals surface area (Å²) in [4.78, 5) is 19.8. The molecular weight excluding hydrogens is 1230 g/mol. The fraction of sp³-hybridized carbons (Fsp3) is 0.535. The van der Waals surface area contributed by atoms with Crippen molar-refractivity contribution in [3.8, 4) is 0 Å². The highest BCUT2D eigenvalue weighted by Gasteiger charge is 2.31. The zero-order valence-electron chi connectivity index (χ0n) is 55.1. The Morgan fingerprint density at radius 3 is 1.64 bits per heavy atom. The number of hydrogen-bond donors (Lipinski definition) is 16. The average Bonchev–Trinajstić information content (AvgIpc) is 0.925. The van der Waals surface area contributed by atoms with E-state index in [1.807, 2.05) is 73.7 Å². The summed E-state index contributed by atoms with van der Waals surface area (Å²) in [6, 6.07) is 9.20. The maximum Gasteiger partial charge on any atom is 0.397 e. The monoisotopic (exact) mass is 1340 g/mol. The van der Waals surface area contributed by atoms with E-state index in [2.05, 4.69) is 4.99 Å². The highest BCUT2D eigenvalue weighted by atomic mass is 32.3. The predicted octanol–water partition coefficient (Wildman–Crippen LogP) is 5.80. The second kappa shape index (κ2) is 50.4. The van der Waals surface area contributed by atoms with Gasteiger partial charge in [0.1, 0.15) is 6.10 Å². The number of allylic oxidation sites excluding steroid dienone is 17. The van der Waals surface area contributed by atoms with Crippen molar-refractivity contribution in [1.29, 1.82) is 0 Å². The summed E-state index contributed by atoms with van der Waals surface area (Å²) < 4.78 is 39.1. The van der Waals surface area contributed by atoms with Gasteiger partial charge in [-0.05, 0) is 82.8 Å². The Hall–Kier alpha value is -5.94. The topological polar surface area (TPSA) is 420 Å². The van der Waals surface area contributed by atoms with Gasteiger partial charge in [-0.1, -0.05) is 191 Å². The van der Waals surface area contributed by atoms with Crippen LogP contribution < -0.4 is 11.5 Å². The Bertz CT molecular complexity index is 2790. The first kappa shape index (κ1) is 86.1. The van der Waals surface area contributed by atoms with Gasteiger partial charge in [-0.3, -0.25) is 19.3 Å². The number of aliphatic imine (C=N–C) groups is 2. The second-order valence-corrected chi connectivity index (χ2v) is 24.8. The number of unbranched alkanes of at least 4 members (excludes halogenated alkanes) is 1. The van der Waals surface area contributed by atoms with E-state index >= 15 is 0 Å². The molecule has 0 fully saturated rings. The first-order chi connectivity index (χ1) is 44.5. The van der Waals surface area contributed by atoms with Crippen molar-refractivity contribution >= 4 is 27.9 Å². The van der Waals surface area contributed by atoms with Gasteiger partial charge in [0.05, 0.1) is 85.9 Å². The van der Waals surface area contributed by atoms with E-state index in [0.717, 1.165) is 18.4 Å². The van der Waals surface area contributed by atoms with Crippen molar-refractivity contribution in [2.45, 2.75) is 217 Å². The van der Waals surface area contributed by atoms with Crippen molar-refractivity contribution in [2.75, 3.05) is 6.54 Å². The molecule has 0 amide bonds. The normalized spacial score (nSPS) is 19.1. The van der Waals surface area contributed by atoms with Crippen molar-refractivity contribution in [2.24, 2.45) is 39.2 Å². The van der Waals surface area contributed by atoms with Crippen LogP contribution in [0.5, 0.6) is 0 Å². The largest absolute Gasteiger partial charge is 0.397 e. The van der Waals surface area contributed by atoms with E-state index in [4.69, 9.17) is 20.6 Å². The summed E-state index contributed by atoms with van der Waals surface area (Å²) in [6.07, 6.45) is 24.0. The molecule has 1 rings (SSSR count). The number of nitrogens with zero attached hydrogens (tertiary/aromatic N) is 2. The third-order valence-corrected chi connectivity index (χ3v) is 15.7. The number of benzene rings is 1. The van der Waals surface area contributed by atoms with Gasteiger partial charge < -0.3 is 77.9 Å². The smallest absolute Gasteiger partial charge is 0.393 e. The third-order valence-electron chi connectivity index (χ3n) is 15.2. The zero-order valence-corrected chi connectivity index (χ0v) is 56.0. The molecule has 0 aliphatic rings. The number of nitrogens with two attached hydrogens (primary N) is 2. The predicted molar refractivity (Wildman–Crippen MR) is 370 cm³/mol. The average molecular weight is 1340 g/mol. The minimum absolute atomic E-state index is 0.00122. The van der Waals surface area contributed by atoms with Crippen LogP contribution in [0.4, 0.5) is 0 Å². The van der Waals surface area contributed by atoms with Gasteiger partial charge >= 0.3 is 10.4 Å². The summed E-state index contributed by atoms with van der Waals surface area (Å²) in [7, 11) is -4.94. The van der Waals surface area contributed by atoms with E-state index in [1.165, 1.54) is 31.2 Å². The summed E-state index contributed by atoms with van der Waals surface area (Å²) in [6.45, 7) is 9.13. The molecule has 0 heterocycles. The fourth-order valence-corrected chi connectivity index (χ4v) is 10.0. The molecule has 0 aliphatic carbocycles. The number of carbonyl (C=O) groups is 1. The SMILES string of the molecule is CC(=O)/C(C)=C/C=C/C=C/CC/C=C/C(C)C(O)C(C)C(O)/C=C/C=C/C=C/C=C/C=C/C=C/CC(OS(=O)(=O)O)C(C)C(CC(O)CC(O)/C=C/CC(O)CC(O)CC(O)/C=C/CC(O)CC(O)C(O)C(O)CC(O)CC(O)CCCN=C(N)N)=NCc1ccccc1. The highest BCUT2D eigenvalue weighted by Crippen LogP contribution is 2.24. The van der Waals surface area contributed by atoms with E-state index < -0.39 is 108 Å². The maximum atomic E-state index is 12.1. The molecule has 22 nitrogen and oxygen atoms in total. The first-order valence-electron chi connectivity index (χ1n) is 32.1. The molecule has 528 valence electrons. The van der Waals surface area contributed by atoms with Crippen LogP contribution in [-0.2, 0) is 25.9 Å². The summed E-state index contributed by atoms with van der Waals surface area (Å²) in [5.41, 5.74) is 12.4. The van der Waals surface area contributed by atoms with E-state index in [0.29, 0.717) is 24.3 Å². The quantitative estimate of drug-likeness (QED) is 0.00696. The van der Waals surface area contributed by atoms with Crippen molar-refractivity contribution in [3.63, 3.8) is 0 Å². The number of hydrogen-bond acceptors (Lipinski definition) is 19. The molecule has 1 aromatic carbocycles. The number of rotatable bonds is 50. The minimum Gasteiger partial charge on any atom is -0.393 e. The summed E-state index contributed by atoms with van der Waals surface area (Å²) in [5, 5.41) is 137. The van der Waals surface area contributed by atoms with Crippen molar-refractivity contribution < 1.29 is 88.3 Å². The molecule has 18 N–H and O–H groups in total. The van der Waals surface area contributed by atoms with Crippen molar-refractivity contribution in [3.05, 3.63) is 181 Å². The Balaban J connectivity index is 2.75. The van der Waals surface area contributed by atoms with Crippen LogP contribution in [-0.4, -0.2) is 189 Å². The number of guanidine groups is 1. The Morgan fingerprint density at radius 1 is 0.543 bits per heavy atom. The fourth-order valence-electron chi connectivity index (χ4n) is 9.46. The van der Waals surface area contributed by atoms with Crippen LogP contribution in [0.25, 0.3) is 0 Å². The van der Waals surface area contributed by atoms with Gasteiger partial charge in [-0.25, -0.2) is 4.18 Å². The van der Waals surface area contributed by atoms with Crippen LogP contribution in [0.3, 0.4) is 0 Å². The summed E-state index contributed by atoms with van der Waals surface area (Å²) >= 11 is 0. The number of ketones is 1. The minimum atomic E-state index is -4.94. The van der Waals surface area contributed by atoms with Gasteiger partial charge in [0.25, 0.3) is 0 Å². The lowest BCUT2D eigenvalue weighted by atomic mass is 9.88. The van der Waals surface area contributed by atoms with Crippen LogP contribution in [0.15, 0.2) is 186 Å². The summed E-state index contributed by atoms with van der Waals surface area (Å²) in [5.74, 6) is -1.37. The molecular formula is C71H110N4O18S. The van der Waals surface area contributed by atoms with E-state index in [-0.39, 0.29) is 94.8 Å². The Kier molecular flexibility index (Phi) is 46.2. The second-order valence-electron chi connectivity index (χ2n) is 23.7. The number of carbonyl (C=O) groups excluding carboxylic acids is 1. The number of aliphatic hydroxyl groups excluding tert-OH is 13. The molecule has 94 heavy (non-hydrogen) atoms. The molecule has 0 saturated heterocycles. The molecule has 0 bridgehead atoms. The molecule has 1 aromatic rings. The standard InChI is InChI=1S/C71H110N4O18S/c1-50(54(5)76)30-21-16-12-11-13-17-22-31-51(2)69(88)53(4)65(85)39-25-18-14-9-7-6-8-10-15-19-26-40-68(93-94(90,91)92)52(3)64(75-49-55-32-23-20-24-33-55)46-62(83)44-58(79)35-27-34-56(77)42-61(82)43-57(78)36-28-37-60(81)47-66(86)70(89)67(87)48-63(84)45-59(80)38-29-41-74-71(72)73/h6-12,14-16,18-28,30-33,35-36,39,51-53,56-63,65-70,77-89H,13,17,29,34,37-38,40-49H2,1-5H3,(H4,72,73,74)(H,90,91,92)/b8-6+,9-7+,12-11+,15-10+,18-14+,21-16+,26-19+,31-22+,35-27+,36-28+,39-25+,50-30+,75-64?. The number of aliphatic hydroxyl groups is 13. The van der Waals surface area contributed by atoms with Gasteiger partial charge in [0, 0.05) is 62.1 Å².